The lowest BCUT2D eigenvalue weighted by Crippen LogP contribution is -2.49. The van der Waals surface area contributed by atoms with Gasteiger partial charge in [-0.05, 0) is 42.3 Å². The van der Waals surface area contributed by atoms with Crippen molar-refractivity contribution in [2.75, 3.05) is 26.6 Å². The Morgan fingerprint density at radius 1 is 1.00 bits per heavy atom. The first-order valence-corrected chi connectivity index (χ1v) is 10.3. The number of rotatable bonds is 8. The molecule has 3 atom stereocenters. The van der Waals surface area contributed by atoms with E-state index in [1.165, 1.54) is 14.2 Å². The van der Waals surface area contributed by atoms with E-state index in [2.05, 4.69) is 5.32 Å². The van der Waals surface area contributed by atoms with Gasteiger partial charge in [-0.2, -0.15) is 0 Å². The number of methoxy groups -OCH3 is 3. The van der Waals surface area contributed by atoms with Gasteiger partial charge in [0.1, 0.15) is 17.5 Å². The molecule has 1 N–H and O–H groups in total. The molecule has 2 aliphatic rings. The number of hydrogen-bond donors (Lipinski definition) is 1. The highest BCUT2D eigenvalue weighted by atomic mass is 16.6. The minimum Gasteiger partial charge on any atom is -0.497 e. The molecule has 0 spiro atoms. The summed E-state index contributed by atoms with van der Waals surface area (Å²) in [6, 6.07) is 16.9. The molecule has 2 aromatic carbocycles. The molecule has 0 aromatic heterocycles. The van der Waals surface area contributed by atoms with Gasteiger partial charge in [0, 0.05) is 5.69 Å². The maximum Gasteiger partial charge on any atom is 0.337 e. The highest BCUT2D eigenvalue weighted by Gasteiger charge is 2.58. The fraction of sp³-hybridized carbons (Fsp3) is 0.280. The van der Waals surface area contributed by atoms with E-state index in [1.54, 1.807) is 13.2 Å². The summed E-state index contributed by atoms with van der Waals surface area (Å²) >= 11 is 0. The largest absolute Gasteiger partial charge is 0.497 e. The van der Waals surface area contributed by atoms with E-state index in [0.29, 0.717) is 6.42 Å². The molecule has 0 aliphatic carbocycles. The van der Waals surface area contributed by atoms with Crippen LogP contribution in [0.3, 0.4) is 0 Å². The maximum absolute atomic E-state index is 12.9. The van der Waals surface area contributed by atoms with Crippen molar-refractivity contribution in [3.05, 3.63) is 83.5 Å². The van der Waals surface area contributed by atoms with Gasteiger partial charge in [0.2, 0.25) is 0 Å². The molecule has 0 fully saturated rings. The van der Waals surface area contributed by atoms with Crippen LogP contribution in [-0.4, -0.2) is 51.0 Å². The zero-order valence-corrected chi connectivity index (χ0v) is 18.2. The third-order valence-corrected chi connectivity index (χ3v) is 5.81. The van der Waals surface area contributed by atoms with Crippen LogP contribution in [0.25, 0.3) is 0 Å². The average molecular weight is 435 g/mol. The molecule has 2 aromatic rings. The lowest BCUT2D eigenvalue weighted by molar-refractivity contribution is -0.139. The van der Waals surface area contributed by atoms with Crippen LogP contribution in [0.2, 0.25) is 0 Å². The van der Waals surface area contributed by atoms with E-state index >= 15 is 0 Å². The quantitative estimate of drug-likeness (QED) is 0.504. The van der Waals surface area contributed by atoms with Gasteiger partial charge in [0.05, 0.1) is 38.5 Å². The number of carbonyl (C=O) groups is 2. The SMILES string of the molecule is COC(=O)C1=C(C(=O)OC)C2([C@@H](Cc3ccccc3)Nc3ccc(OC)cc3)C=CC1O2. The fourth-order valence-corrected chi connectivity index (χ4v) is 4.29. The van der Waals surface area contributed by atoms with Gasteiger partial charge in [-0.1, -0.05) is 36.4 Å². The molecule has 7 heteroatoms. The lowest BCUT2D eigenvalue weighted by atomic mass is 9.79. The van der Waals surface area contributed by atoms with Gasteiger partial charge in [0.25, 0.3) is 0 Å². The average Bonchev–Trinajstić information content (AvgIpc) is 3.42. The van der Waals surface area contributed by atoms with Gasteiger partial charge < -0.3 is 24.3 Å². The summed E-state index contributed by atoms with van der Waals surface area (Å²) in [4.78, 5) is 25.4. The van der Waals surface area contributed by atoms with Crippen molar-refractivity contribution in [2.24, 2.45) is 0 Å². The summed E-state index contributed by atoms with van der Waals surface area (Å²) < 4.78 is 21.6. The third-order valence-electron chi connectivity index (χ3n) is 5.81. The molecule has 0 saturated heterocycles. The summed E-state index contributed by atoms with van der Waals surface area (Å²) in [6.45, 7) is 0. The Hall–Kier alpha value is -3.58. The molecule has 2 heterocycles. The van der Waals surface area contributed by atoms with E-state index in [0.717, 1.165) is 17.0 Å². The van der Waals surface area contributed by atoms with Crippen LogP contribution >= 0.6 is 0 Å². The van der Waals surface area contributed by atoms with Crippen LogP contribution in [0.4, 0.5) is 5.69 Å². The van der Waals surface area contributed by atoms with Gasteiger partial charge >= 0.3 is 11.9 Å². The second kappa shape index (κ2) is 8.88. The van der Waals surface area contributed by atoms with E-state index in [4.69, 9.17) is 18.9 Å². The number of nitrogens with one attached hydrogen (secondary N) is 1. The van der Waals surface area contributed by atoms with Crippen molar-refractivity contribution in [2.45, 2.75) is 24.2 Å². The molecule has 0 saturated carbocycles. The molecule has 166 valence electrons. The van der Waals surface area contributed by atoms with Crippen molar-refractivity contribution in [3.8, 4) is 5.75 Å². The van der Waals surface area contributed by atoms with Gasteiger partial charge in [0.15, 0.2) is 0 Å². The van der Waals surface area contributed by atoms with Crippen LogP contribution in [0.1, 0.15) is 5.56 Å². The molecule has 32 heavy (non-hydrogen) atoms. The number of ether oxygens (including phenoxy) is 4. The van der Waals surface area contributed by atoms with Gasteiger partial charge in [-0.25, -0.2) is 9.59 Å². The normalized spacial score (nSPS) is 21.9. The third kappa shape index (κ3) is 3.76. The predicted octanol–water partition coefficient (Wildman–Crippen LogP) is 3.07. The van der Waals surface area contributed by atoms with Crippen molar-refractivity contribution in [3.63, 3.8) is 0 Å². The molecular formula is C25H25NO6. The van der Waals surface area contributed by atoms with E-state index in [1.807, 2.05) is 60.7 Å². The number of anilines is 1. The molecule has 2 aliphatic heterocycles. The van der Waals surface area contributed by atoms with E-state index < -0.39 is 29.7 Å². The number of fused-ring (bicyclic) bond motifs is 2. The second-order valence-corrected chi connectivity index (χ2v) is 7.58. The number of esters is 2. The van der Waals surface area contributed by atoms with Crippen LogP contribution < -0.4 is 10.1 Å². The predicted molar refractivity (Wildman–Crippen MR) is 118 cm³/mol. The topological polar surface area (TPSA) is 83.1 Å². The first-order valence-electron chi connectivity index (χ1n) is 10.3. The number of hydrogen-bond acceptors (Lipinski definition) is 7. The molecule has 2 unspecified atom stereocenters. The molecule has 4 rings (SSSR count). The summed E-state index contributed by atoms with van der Waals surface area (Å²) in [7, 11) is 4.18. The minimum absolute atomic E-state index is 0.168. The molecule has 2 bridgehead atoms. The van der Waals surface area contributed by atoms with Gasteiger partial charge in [-0.15, -0.1) is 0 Å². The summed E-state index contributed by atoms with van der Waals surface area (Å²) in [5, 5.41) is 3.50. The number of carbonyl (C=O) groups excluding carboxylic acids is 2. The Kier molecular flexibility index (Phi) is 6.01. The monoisotopic (exact) mass is 435 g/mol. The Balaban J connectivity index is 1.79. The van der Waals surface area contributed by atoms with Crippen molar-refractivity contribution in [1.82, 2.24) is 0 Å². The zero-order valence-electron chi connectivity index (χ0n) is 18.2. The Labute approximate surface area is 186 Å². The second-order valence-electron chi connectivity index (χ2n) is 7.58. The van der Waals surface area contributed by atoms with Crippen molar-refractivity contribution in [1.29, 1.82) is 0 Å². The van der Waals surface area contributed by atoms with Crippen molar-refractivity contribution < 1.29 is 28.5 Å². The number of benzene rings is 2. The summed E-state index contributed by atoms with van der Waals surface area (Å²) in [5.74, 6) is -0.495. The highest BCUT2D eigenvalue weighted by molar-refractivity contribution is 6.05. The molecule has 7 nitrogen and oxygen atoms in total. The first kappa shape index (κ1) is 21.6. The van der Waals surface area contributed by atoms with Crippen molar-refractivity contribution >= 4 is 17.6 Å². The van der Waals surface area contributed by atoms with Crippen LogP contribution in [0, 0.1) is 0 Å². The van der Waals surface area contributed by atoms with E-state index in [9.17, 15) is 9.59 Å². The van der Waals surface area contributed by atoms with Crippen LogP contribution in [0.5, 0.6) is 5.75 Å². The van der Waals surface area contributed by atoms with Crippen LogP contribution in [0.15, 0.2) is 77.9 Å². The Morgan fingerprint density at radius 2 is 1.69 bits per heavy atom. The lowest BCUT2D eigenvalue weighted by Gasteiger charge is -2.36. The zero-order chi connectivity index (χ0) is 22.7. The fourth-order valence-electron chi connectivity index (χ4n) is 4.29. The molecule has 0 radical (unpaired) electrons. The minimum atomic E-state index is -1.20. The van der Waals surface area contributed by atoms with Gasteiger partial charge in [-0.3, -0.25) is 0 Å². The smallest absolute Gasteiger partial charge is 0.337 e. The summed E-state index contributed by atoms with van der Waals surface area (Å²) in [6.07, 6.45) is 3.47. The maximum atomic E-state index is 12.9. The molecular weight excluding hydrogens is 410 g/mol. The Morgan fingerprint density at radius 3 is 2.31 bits per heavy atom. The van der Waals surface area contributed by atoms with Crippen LogP contribution in [-0.2, 0) is 30.2 Å². The highest BCUT2D eigenvalue weighted by Crippen LogP contribution is 2.47. The summed E-state index contributed by atoms with van der Waals surface area (Å²) in [5.41, 5.74) is 1.01. The first-order chi connectivity index (χ1) is 15.5. The standard InChI is InChI=1S/C25H25NO6/c1-29-18-11-9-17(10-12-18)26-20(15-16-7-5-4-6-8-16)25-14-13-19(32-25)21(23(27)30-2)22(25)24(28)31-3/h4-14,19-20,26H,15H2,1-3H3/t19?,20-,25?/m1/s1. The molecule has 0 amide bonds. The Bertz CT molecular complexity index is 1060. The van der Waals surface area contributed by atoms with E-state index in [-0.39, 0.29) is 11.1 Å².